The summed E-state index contributed by atoms with van der Waals surface area (Å²) in [6.07, 6.45) is 5.11. The molecule has 0 saturated heterocycles. The van der Waals surface area contributed by atoms with E-state index in [9.17, 15) is 9.90 Å². The predicted molar refractivity (Wildman–Crippen MR) is 106 cm³/mol. The molecule has 1 aromatic heterocycles. The summed E-state index contributed by atoms with van der Waals surface area (Å²) < 4.78 is 6.29. The van der Waals surface area contributed by atoms with Crippen molar-refractivity contribution in [3.05, 3.63) is 28.5 Å². The standard InChI is InChI=1S/C20H26ClN3O3/c1-2-24(8-9-25)12-14-10-13-11-15(21)17-16(18(13)27-14)20(23-19(26)22-17)6-4-3-5-7-20/h10-11,25H,2-9,12H2,1H3,(H2,22,23,26). The largest absolute Gasteiger partial charge is 0.459 e. The third-order valence-corrected chi connectivity index (χ3v) is 6.13. The molecule has 2 amide bonds. The molecule has 6 nitrogen and oxygen atoms in total. The molecule has 1 fully saturated rings. The highest BCUT2D eigenvalue weighted by Crippen LogP contribution is 2.48. The van der Waals surface area contributed by atoms with Crippen LogP contribution in [0.3, 0.4) is 0 Å². The van der Waals surface area contributed by atoms with E-state index in [1.54, 1.807) is 0 Å². The van der Waals surface area contributed by atoms with E-state index >= 15 is 0 Å². The number of carbonyl (C=O) groups is 1. The Morgan fingerprint density at radius 1 is 1.30 bits per heavy atom. The molecule has 27 heavy (non-hydrogen) atoms. The zero-order valence-electron chi connectivity index (χ0n) is 15.6. The molecule has 4 rings (SSSR count). The lowest BCUT2D eigenvalue weighted by Crippen LogP contribution is -2.52. The lowest BCUT2D eigenvalue weighted by Gasteiger charge is -2.42. The minimum atomic E-state index is -0.413. The number of hydrogen-bond donors (Lipinski definition) is 3. The summed E-state index contributed by atoms with van der Waals surface area (Å²) in [5.41, 5.74) is 2.06. The number of carbonyl (C=O) groups excluding carboxylic acids is 1. The van der Waals surface area contributed by atoms with E-state index in [1.807, 2.05) is 12.1 Å². The number of fused-ring (bicyclic) bond motifs is 4. The van der Waals surface area contributed by atoms with Gasteiger partial charge in [-0.25, -0.2) is 4.79 Å². The molecule has 2 aliphatic rings. The molecule has 0 bridgehead atoms. The number of hydrogen-bond acceptors (Lipinski definition) is 4. The van der Waals surface area contributed by atoms with Gasteiger partial charge in [0.2, 0.25) is 0 Å². The average molecular weight is 392 g/mol. The SMILES string of the molecule is CCN(CCO)Cc1cc2cc(Cl)c3c(c2o1)C1(CCCCC1)NC(=O)N3. The number of nitrogens with one attached hydrogen (secondary N) is 2. The molecule has 1 saturated carbocycles. The molecule has 0 unspecified atom stereocenters. The van der Waals surface area contributed by atoms with Gasteiger partial charge in [0.1, 0.15) is 11.3 Å². The second kappa shape index (κ2) is 7.34. The Morgan fingerprint density at radius 3 is 2.78 bits per heavy atom. The maximum Gasteiger partial charge on any atom is 0.319 e. The van der Waals surface area contributed by atoms with Crippen LogP contribution in [-0.2, 0) is 12.1 Å². The Labute approximate surface area is 163 Å². The zero-order valence-corrected chi connectivity index (χ0v) is 16.4. The number of likely N-dealkylation sites (N-methyl/N-ethyl adjacent to an activating group) is 1. The summed E-state index contributed by atoms with van der Waals surface area (Å²) in [6.45, 7) is 4.25. The van der Waals surface area contributed by atoms with Gasteiger partial charge in [0.25, 0.3) is 0 Å². The first kappa shape index (κ1) is 18.6. The van der Waals surface area contributed by atoms with Crippen molar-refractivity contribution in [2.45, 2.75) is 51.1 Å². The van der Waals surface area contributed by atoms with Gasteiger partial charge in [-0.3, -0.25) is 4.90 Å². The Bertz CT molecular complexity index is 858. The van der Waals surface area contributed by atoms with E-state index in [0.717, 1.165) is 54.5 Å². The van der Waals surface area contributed by atoms with Crippen LogP contribution in [0.1, 0.15) is 50.4 Å². The van der Waals surface area contributed by atoms with Gasteiger partial charge in [-0.2, -0.15) is 0 Å². The van der Waals surface area contributed by atoms with E-state index in [4.69, 9.17) is 16.0 Å². The van der Waals surface area contributed by atoms with Crippen molar-refractivity contribution in [1.82, 2.24) is 10.2 Å². The molecule has 0 radical (unpaired) electrons. The van der Waals surface area contributed by atoms with Crippen molar-refractivity contribution in [3.8, 4) is 0 Å². The van der Waals surface area contributed by atoms with Crippen LogP contribution in [0.15, 0.2) is 16.5 Å². The quantitative estimate of drug-likeness (QED) is 0.714. The first-order chi connectivity index (χ1) is 13.1. The van der Waals surface area contributed by atoms with Gasteiger partial charge < -0.3 is 20.2 Å². The number of nitrogens with zero attached hydrogens (tertiary/aromatic N) is 1. The minimum Gasteiger partial charge on any atom is -0.459 e. The molecule has 1 aliphatic heterocycles. The van der Waals surface area contributed by atoms with Crippen LogP contribution in [-0.4, -0.2) is 35.7 Å². The second-order valence-electron chi connectivity index (χ2n) is 7.55. The van der Waals surface area contributed by atoms with Gasteiger partial charge in [-0.15, -0.1) is 0 Å². The minimum absolute atomic E-state index is 0.119. The number of benzene rings is 1. The fraction of sp³-hybridized carbons (Fsp3) is 0.550. The monoisotopic (exact) mass is 391 g/mol. The number of urea groups is 1. The predicted octanol–water partition coefficient (Wildman–Crippen LogP) is 4.19. The number of aliphatic hydroxyl groups excluding tert-OH is 1. The van der Waals surface area contributed by atoms with Crippen LogP contribution in [0.2, 0.25) is 5.02 Å². The second-order valence-corrected chi connectivity index (χ2v) is 7.96. The van der Waals surface area contributed by atoms with Crippen LogP contribution >= 0.6 is 11.6 Å². The fourth-order valence-electron chi connectivity index (χ4n) is 4.53. The smallest absolute Gasteiger partial charge is 0.319 e. The molecule has 7 heteroatoms. The van der Waals surface area contributed by atoms with Gasteiger partial charge in [0.05, 0.1) is 29.4 Å². The van der Waals surface area contributed by atoms with Gasteiger partial charge in [0.15, 0.2) is 0 Å². The van der Waals surface area contributed by atoms with Crippen LogP contribution in [0, 0.1) is 0 Å². The maximum absolute atomic E-state index is 12.3. The Kier molecular flexibility index (Phi) is 5.05. The van der Waals surface area contributed by atoms with Crippen molar-refractivity contribution in [2.75, 3.05) is 25.0 Å². The van der Waals surface area contributed by atoms with Crippen molar-refractivity contribution in [2.24, 2.45) is 0 Å². The molecule has 2 aromatic rings. The number of halogens is 1. The van der Waals surface area contributed by atoms with Crippen molar-refractivity contribution >= 4 is 34.3 Å². The van der Waals surface area contributed by atoms with E-state index in [0.29, 0.717) is 23.8 Å². The lowest BCUT2D eigenvalue weighted by atomic mass is 9.74. The summed E-state index contributed by atoms with van der Waals surface area (Å²) in [7, 11) is 0. The van der Waals surface area contributed by atoms with E-state index in [-0.39, 0.29) is 12.6 Å². The summed E-state index contributed by atoms with van der Waals surface area (Å²) in [6, 6.07) is 3.69. The van der Waals surface area contributed by atoms with Crippen molar-refractivity contribution in [3.63, 3.8) is 0 Å². The van der Waals surface area contributed by atoms with Crippen LogP contribution < -0.4 is 10.6 Å². The molecule has 146 valence electrons. The van der Waals surface area contributed by atoms with Crippen LogP contribution in [0.5, 0.6) is 0 Å². The molecule has 0 atom stereocenters. The highest BCUT2D eigenvalue weighted by molar-refractivity contribution is 6.35. The Balaban J connectivity index is 1.82. The van der Waals surface area contributed by atoms with Crippen molar-refractivity contribution < 1.29 is 14.3 Å². The number of furan rings is 1. The highest BCUT2D eigenvalue weighted by Gasteiger charge is 2.43. The topological polar surface area (TPSA) is 77.7 Å². The summed E-state index contributed by atoms with van der Waals surface area (Å²) in [5, 5.41) is 16.8. The molecular weight excluding hydrogens is 366 g/mol. The Hall–Kier alpha value is -1.76. The molecule has 2 heterocycles. The molecule has 1 aliphatic carbocycles. The van der Waals surface area contributed by atoms with E-state index in [2.05, 4.69) is 22.5 Å². The maximum atomic E-state index is 12.3. The Morgan fingerprint density at radius 2 is 2.07 bits per heavy atom. The van der Waals surface area contributed by atoms with Crippen LogP contribution in [0.4, 0.5) is 10.5 Å². The van der Waals surface area contributed by atoms with Gasteiger partial charge in [-0.1, -0.05) is 37.8 Å². The third kappa shape index (κ3) is 3.30. The molecular formula is C20H26ClN3O3. The molecule has 3 N–H and O–H groups in total. The van der Waals surface area contributed by atoms with Gasteiger partial charge in [-0.05, 0) is 31.5 Å². The van der Waals surface area contributed by atoms with E-state index in [1.165, 1.54) is 6.42 Å². The van der Waals surface area contributed by atoms with Gasteiger partial charge >= 0.3 is 6.03 Å². The average Bonchev–Trinajstić information content (AvgIpc) is 3.03. The van der Waals surface area contributed by atoms with Gasteiger partial charge in [0, 0.05) is 17.5 Å². The first-order valence-corrected chi connectivity index (χ1v) is 10.1. The number of aliphatic hydroxyl groups is 1. The summed E-state index contributed by atoms with van der Waals surface area (Å²) in [4.78, 5) is 14.4. The zero-order chi connectivity index (χ0) is 19.0. The summed E-state index contributed by atoms with van der Waals surface area (Å²) >= 11 is 6.55. The third-order valence-electron chi connectivity index (χ3n) is 5.83. The van der Waals surface area contributed by atoms with Crippen molar-refractivity contribution in [1.29, 1.82) is 0 Å². The number of anilines is 1. The summed E-state index contributed by atoms with van der Waals surface area (Å²) in [5.74, 6) is 0.840. The van der Waals surface area contributed by atoms with E-state index < -0.39 is 5.54 Å². The lowest BCUT2D eigenvalue weighted by molar-refractivity contribution is 0.188. The van der Waals surface area contributed by atoms with Crippen LogP contribution in [0.25, 0.3) is 11.0 Å². The fourth-order valence-corrected chi connectivity index (χ4v) is 4.78. The number of amides is 2. The number of rotatable bonds is 5. The molecule has 1 aromatic carbocycles. The first-order valence-electron chi connectivity index (χ1n) is 9.74. The highest BCUT2D eigenvalue weighted by atomic mass is 35.5. The molecule has 1 spiro atoms. The normalized spacial score (nSPS) is 18.6.